The van der Waals surface area contributed by atoms with E-state index in [0.717, 1.165) is 56.8 Å². The molecule has 1 saturated heterocycles. The number of benzene rings is 1. The van der Waals surface area contributed by atoms with Gasteiger partial charge in [-0.1, -0.05) is 13.0 Å². The van der Waals surface area contributed by atoms with E-state index in [1.165, 1.54) is 18.2 Å². The second-order valence-electron chi connectivity index (χ2n) is 6.80. The predicted octanol–water partition coefficient (Wildman–Crippen LogP) is 4.16. The van der Waals surface area contributed by atoms with Crippen LogP contribution in [0.15, 0.2) is 30.5 Å². The molecule has 0 N–H and O–H groups in total. The lowest BCUT2D eigenvalue weighted by molar-refractivity contribution is 0.159. The molecule has 1 aliphatic heterocycles. The first-order valence-corrected chi connectivity index (χ1v) is 9.11. The quantitative estimate of drug-likeness (QED) is 0.787. The van der Waals surface area contributed by atoms with E-state index in [2.05, 4.69) is 21.8 Å². The molecule has 0 bridgehead atoms. The second kappa shape index (κ2) is 8.48. The van der Waals surface area contributed by atoms with Crippen molar-refractivity contribution in [2.24, 2.45) is 5.92 Å². The smallest absolute Gasteiger partial charge is 0.129 e. The molecule has 0 radical (unpaired) electrons. The van der Waals surface area contributed by atoms with Gasteiger partial charge in [0.2, 0.25) is 0 Å². The first kappa shape index (κ1) is 17.9. The summed E-state index contributed by atoms with van der Waals surface area (Å²) in [5.41, 5.74) is 1.27. The fourth-order valence-electron chi connectivity index (χ4n) is 3.58. The predicted molar refractivity (Wildman–Crippen MR) is 94.1 cm³/mol. The van der Waals surface area contributed by atoms with Gasteiger partial charge in [-0.05, 0) is 56.3 Å². The van der Waals surface area contributed by atoms with E-state index in [1.54, 1.807) is 0 Å². The van der Waals surface area contributed by atoms with Crippen LogP contribution in [0.25, 0.3) is 0 Å². The maximum absolute atomic E-state index is 13.8. The topological polar surface area (TPSA) is 29.0 Å². The molecule has 1 aliphatic rings. The summed E-state index contributed by atoms with van der Waals surface area (Å²) in [6.45, 7) is 4.88. The van der Waals surface area contributed by atoms with Crippen molar-refractivity contribution in [2.75, 3.05) is 13.1 Å². The van der Waals surface area contributed by atoms with Gasteiger partial charge in [0.15, 0.2) is 0 Å². The van der Waals surface area contributed by atoms with Crippen LogP contribution in [-0.2, 0) is 19.4 Å². The number of likely N-dealkylation sites (tertiary alicyclic amines) is 1. The molecule has 134 valence electrons. The number of rotatable bonds is 6. The van der Waals surface area contributed by atoms with Crippen LogP contribution < -0.4 is 0 Å². The highest BCUT2D eigenvalue weighted by atomic mass is 19.1. The molecule has 1 fully saturated rings. The van der Waals surface area contributed by atoms with E-state index in [4.69, 9.17) is 0 Å². The number of aromatic nitrogens is 2. The zero-order chi connectivity index (χ0) is 17.6. The SMILES string of the molecule is CCc1nccc(CN2CCC[C@H](CCc3c(F)cccc3F)C2)n1. The number of halogens is 2. The lowest BCUT2D eigenvalue weighted by Gasteiger charge is -2.32. The summed E-state index contributed by atoms with van der Waals surface area (Å²) in [6.07, 6.45) is 6.18. The molecule has 3 nitrogen and oxygen atoms in total. The Morgan fingerprint density at radius 3 is 2.76 bits per heavy atom. The summed E-state index contributed by atoms with van der Waals surface area (Å²) in [6, 6.07) is 6.07. The summed E-state index contributed by atoms with van der Waals surface area (Å²) >= 11 is 0. The minimum absolute atomic E-state index is 0.225. The highest BCUT2D eigenvalue weighted by molar-refractivity contribution is 5.19. The fourth-order valence-corrected chi connectivity index (χ4v) is 3.58. The summed E-state index contributed by atoms with van der Waals surface area (Å²) in [5.74, 6) is 0.489. The average Bonchev–Trinajstić information content (AvgIpc) is 2.62. The number of aryl methyl sites for hydroxylation is 1. The van der Waals surface area contributed by atoms with Crippen LogP contribution in [0.3, 0.4) is 0 Å². The van der Waals surface area contributed by atoms with E-state index < -0.39 is 11.6 Å². The van der Waals surface area contributed by atoms with Crippen LogP contribution in [0.4, 0.5) is 8.78 Å². The molecule has 25 heavy (non-hydrogen) atoms. The van der Waals surface area contributed by atoms with Gasteiger partial charge in [0.1, 0.15) is 17.5 Å². The van der Waals surface area contributed by atoms with Gasteiger partial charge in [-0.15, -0.1) is 0 Å². The normalized spacial score (nSPS) is 18.4. The van der Waals surface area contributed by atoms with E-state index >= 15 is 0 Å². The van der Waals surface area contributed by atoms with Crippen molar-refractivity contribution in [3.05, 3.63) is 59.2 Å². The molecule has 1 aromatic heterocycles. The number of nitrogens with zero attached hydrogens (tertiary/aromatic N) is 3. The molecule has 0 amide bonds. The Morgan fingerprint density at radius 2 is 2.00 bits per heavy atom. The molecule has 0 spiro atoms. The lowest BCUT2D eigenvalue weighted by atomic mass is 9.91. The minimum atomic E-state index is -0.430. The summed E-state index contributed by atoms with van der Waals surface area (Å²) in [5, 5.41) is 0. The van der Waals surface area contributed by atoms with Crippen LogP contribution in [-0.4, -0.2) is 28.0 Å². The van der Waals surface area contributed by atoms with E-state index in [0.29, 0.717) is 12.3 Å². The summed E-state index contributed by atoms with van der Waals surface area (Å²) < 4.78 is 27.6. The summed E-state index contributed by atoms with van der Waals surface area (Å²) in [7, 11) is 0. The van der Waals surface area contributed by atoms with E-state index in [1.807, 2.05) is 12.3 Å². The molecule has 2 aromatic rings. The first-order valence-electron chi connectivity index (χ1n) is 9.11. The third kappa shape index (κ3) is 4.82. The molecule has 1 atom stereocenters. The zero-order valence-corrected chi connectivity index (χ0v) is 14.7. The van der Waals surface area contributed by atoms with Gasteiger partial charge in [0, 0.05) is 31.3 Å². The Labute approximate surface area is 148 Å². The third-order valence-electron chi connectivity index (χ3n) is 4.93. The monoisotopic (exact) mass is 345 g/mol. The van der Waals surface area contributed by atoms with Crippen LogP contribution in [0.5, 0.6) is 0 Å². The van der Waals surface area contributed by atoms with E-state index in [9.17, 15) is 8.78 Å². The standard InChI is InChI=1S/C20H25F2N3/c1-2-20-23-11-10-16(24-20)14-25-12-4-5-15(13-25)8-9-17-18(21)6-3-7-19(17)22/h3,6-7,10-11,15H,2,4-5,8-9,12-14H2,1H3/t15-/m1/s1. The molecular weight excluding hydrogens is 320 g/mol. The largest absolute Gasteiger partial charge is 0.297 e. The molecule has 0 aliphatic carbocycles. The van der Waals surface area contributed by atoms with Gasteiger partial charge in [0.05, 0.1) is 5.69 Å². The maximum Gasteiger partial charge on any atom is 0.129 e. The highest BCUT2D eigenvalue weighted by Crippen LogP contribution is 2.24. The second-order valence-corrected chi connectivity index (χ2v) is 6.80. The maximum atomic E-state index is 13.8. The van der Waals surface area contributed by atoms with Crippen LogP contribution in [0.2, 0.25) is 0 Å². The van der Waals surface area contributed by atoms with E-state index in [-0.39, 0.29) is 5.56 Å². The van der Waals surface area contributed by atoms with Gasteiger partial charge >= 0.3 is 0 Å². The Kier molecular flexibility index (Phi) is 6.08. The first-order chi connectivity index (χ1) is 12.2. The molecule has 2 heterocycles. The minimum Gasteiger partial charge on any atom is -0.297 e. The van der Waals surface area contributed by atoms with Crippen molar-refractivity contribution in [3.63, 3.8) is 0 Å². The average molecular weight is 345 g/mol. The van der Waals surface area contributed by atoms with Gasteiger partial charge in [0.25, 0.3) is 0 Å². The molecule has 3 rings (SSSR count). The highest BCUT2D eigenvalue weighted by Gasteiger charge is 2.21. The Bertz CT molecular complexity index is 685. The van der Waals surface area contributed by atoms with Crippen molar-refractivity contribution < 1.29 is 8.78 Å². The van der Waals surface area contributed by atoms with Crippen molar-refractivity contribution in [2.45, 2.75) is 45.6 Å². The Balaban J connectivity index is 1.56. The molecular formula is C20H25F2N3. The zero-order valence-electron chi connectivity index (χ0n) is 14.7. The van der Waals surface area contributed by atoms with Gasteiger partial charge in [-0.2, -0.15) is 0 Å². The van der Waals surface area contributed by atoms with Gasteiger partial charge in [-0.3, -0.25) is 4.90 Å². The Hall–Kier alpha value is -1.88. The number of hydrogen-bond acceptors (Lipinski definition) is 3. The van der Waals surface area contributed by atoms with Crippen molar-refractivity contribution in [1.29, 1.82) is 0 Å². The molecule has 5 heteroatoms. The van der Waals surface area contributed by atoms with Crippen molar-refractivity contribution in [3.8, 4) is 0 Å². The van der Waals surface area contributed by atoms with Gasteiger partial charge < -0.3 is 0 Å². The molecule has 1 aromatic carbocycles. The van der Waals surface area contributed by atoms with Crippen LogP contribution in [0, 0.1) is 17.6 Å². The molecule has 0 unspecified atom stereocenters. The lowest BCUT2D eigenvalue weighted by Crippen LogP contribution is -2.35. The Morgan fingerprint density at radius 1 is 1.20 bits per heavy atom. The van der Waals surface area contributed by atoms with Gasteiger partial charge in [-0.25, -0.2) is 18.7 Å². The van der Waals surface area contributed by atoms with Crippen LogP contribution in [0.1, 0.15) is 43.3 Å². The summed E-state index contributed by atoms with van der Waals surface area (Å²) in [4.78, 5) is 11.2. The fraction of sp³-hybridized carbons (Fsp3) is 0.500. The van der Waals surface area contributed by atoms with Crippen LogP contribution >= 0.6 is 0 Å². The third-order valence-corrected chi connectivity index (χ3v) is 4.93. The van der Waals surface area contributed by atoms with Crippen molar-refractivity contribution >= 4 is 0 Å². The number of piperidine rings is 1. The molecule has 0 saturated carbocycles. The van der Waals surface area contributed by atoms with Crippen molar-refractivity contribution in [1.82, 2.24) is 14.9 Å². The number of hydrogen-bond donors (Lipinski definition) is 0.